The van der Waals surface area contributed by atoms with Crippen molar-refractivity contribution in [1.82, 2.24) is 5.32 Å². The van der Waals surface area contributed by atoms with E-state index in [0.29, 0.717) is 6.10 Å². The predicted octanol–water partition coefficient (Wildman–Crippen LogP) is 7.91. The summed E-state index contributed by atoms with van der Waals surface area (Å²) in [4.78, 5) is 16.0. The van der Waals surface area contributed by atoms with E-state index >= 15 is 0 Å². The highest BCUT2D eigenvalue weighted by Crippen LogP contribution is 2.53. The number of allylic oxidation sites excluding steroid dienone is 9. The van der Waals surface area contributed by atoms with E-state index in [1.807, 2.05) is 39.8 Å². The molecule has 1 aromatic carbocycles. The van der Waals surface area contributed by atoms with Crippen molar-refractivity contribution in [2.24, 2.45) is 5.92 Å². The number of carbonyl (C=O) groups excluding carboxylic acids is 1. The van der Waals surface area contributed by atoms with E-state index in [1.54, 1.807) is 40.6 Å². The van der Waals surface area contributed by atoms with Crippen molar-refractivity contribution < 1.29 is 9.16 Å². The number of rotatable bonds is 2. The van der Waals surface area contributed by atoms with E-state index in [-0.39, 0.29) is 11.8 Å². The smallest absolute Gasteiger partial charge is 0.247 e. The van der Waals surface area contributed by atoms with E-state index in [9.17, 15) is 4.79 Å². The van der Waals surface area contributed by atoms with E-state index in [2.05, 4.69) is 45.0 Å². The van der Waals surface area contributed by atoms with Gasteiger partial charge in [0.25, 0.3) is 0 Å². The van der Waals surface area contributed by atoms with Gasteiger partial charge in [0.1, 0.15) is 13.2 Å². The van der Waals surface area contributed by atoms with Crippen LogP contribution in [0, 0.1) is 5.92 Å². The highest BCUT2D eigenvalue weighted by molar-refractivity contribution is 6.00. The molecule has 4 heteroatoms. The first-order valence-corrected chi connectivity index (χ1v) is 17.3. The monoisotopic (exact) mass is 579 g/mol. The molecule has 4 aliphatic heterocycles. The van der Waals surface area contributed by atoms with E-state index < -0.39 is 0 Å². The van der Waals surface area contributed by atoms with Gasteiger partial charge in [0.15, 0.2) is 0 Å². The number of anilines is 1. The average Bonchev–Trinajstić information content (AvgIpc) is 3.32. The lowest BCUT2D eigenvalue weighted by molar-refractivity contribution is -0.189. The number of amides is 1. The number of fused-ring (bicyclic) bond motifs is 3. The summed E-state index contributed by atoms with van der Waals surface area (Å²) in [5.74, 6) is -0.0445. The molecule has 0 bridgehead atoms. The summed E-state index contributed by atoms with van der Waals surface area (Å²) in [6.45, 7) is 12.7. The maximum absolute atomic E-state index is 13.3. The molecule has 1 amide bonds. The normalized spacial score (nSPS) is 24.9. The second kappa shape index (κ2) is 12.9. The van der Waals surface area contributed by atoms with Gasteiger partial charge in [-0.25, -0.2) is 0 Å². The summed E-state index contributed by atoms with van der Waals surface area (Å²) >= 11 is 0. The summed E-state index contributed by atoms with van der Waals surface area (Å²) in [7, 11) is 1.76. The largest absolute Gasteiger partial charge is 0.413 e. The van der Waals surface area contributed by atoms with Crippen molar-refractivity contribution in [3.05, 3.63) is 92.6 Å². The van der Waals surface area contributed by atoms with Crippen molar-refractivity contribution in [3.63, 3.8) is 0 Å². The summed E-state index contributed by atoms with van der Waals surface area (Å²) in [5, 5.41) is 2.95. The Balaban J connectivity index is 0.000000792. The third-order valence-electron chi connectivity index (χ3n) is 10.3. The van der Waals surface area contributed by atoms with Crippen LogP contribution in [-0.4, -0.2) is 45.4 Å². The van der Waals surface area contributed by atoms with Crippen LogP contribution in [0.15, 0.2) is 70.4 Å². The molecule has 8 rings (SSSR count). The van der Waals surface area contributed by atoms with Crippen LogP contribution in [-0.2, 0) is 28.4 Å². The van der Waals surface area contributed by atoms with Crippen molar-refractivity contribution in [2.75, 3.05) is 38.3 Å². The van der Waals surface area contributed by atoms with Crippen LogP contribution in [0.1, 0.15) is 88.5 Å². The SMILES string of the molecule is CC.CC.CNC(=O)C1=CC=CC=CC1C1=C2C=C3CCC[O+]4CCCC(=C2Cc2c1cc1c5c2CCCN5CCC1)C34. The molecule has 0 spiro atoms. The van der Waals surface area contributed by atoms with Crippen LogP contribution in [0.3, 0.4) is 0 Å². The topological polar surface area (TPSA) is 35.0 Å². The number of hydrogen-bond acceptors (Lipinski definition) is 2. The van der Waals surface area contributed by atoms with Crippen molar-refractivity contribution >= 4 is 17.2 Å². The molecule has 0 aromatic heterocycles. The first-order chi connectivity index (χ1) is 21.2. The van der Waals surface area contributed by atoms with Crippen molar-refractivity contribution in [1.29, 1.82) is 0 Å². The first-order valence-electron chi connectivity index (χ1n) is 17.3. The number of carbonyl (C=O) groups is 1. The lowest BCUT2D eigenvalue weighted by atomic mass is 9.67. The number of benzene rings is 1. The second-order valence-corrected chi connectivity index (χ2v) is 12.3. The molecule has 2 unspecified atom stereocenters. The maximum atomic E-state index is 13.3. The Morgan fingerprint density at radius 1 is 0.907 bits per heavy atom. The van der Waals surface area contributed by atoms with Gasteiger partial charge < -0.3 is 14.6 Å². The predicted molar refractivity (Wildman–Crippen MR) is 181 cm³/mol. The summed E-state index contributed by atoms with van der Waals surface area (Å²) in [6, 6.07) is 2.55. The zero-order valence-corrected chi connectivity index (χ0v) is 27.2. The van der Waals surface area contributed by atoms with Crippen LogP contribution in [0.25, 0.3) is 5.57 Å². The number of aryl methyl sites for hydroxylation is 1. The third-order valence-corrected chi connectivity index (χ3v) is 10.3. The van der Waals surface area contributed by atoms with Crippen LogP contribution in [0.4, 0.5) is 5.69 Å². The number of hydrogen-bond donors (Lipinski definition) is 1. The summed E-state index contributed by atoms with van der Waals surface area (Å²) in [5.41, 5.74) is 16.1. The Labute approximate surface area is 259 Å². The van der Waals surface area contributed by atoms with Gasteiger partial charge in [-0.2, -0.15) is 0 Å². The first kappa shape index (κ1) is 29.9. The minimum Gasteiger partial charge on any atom is -0.413 e. The van der Waals surface area contributed by atoms with Crippen molar-refractivity contribution in [3.8, 4) is 0 Å². The second-order valence-electron chi connectivity index (χ2n) is 12.3. The Morgan fingerprint density at radius 2 is 1.67 bits per heavy atom. The summed E-state index contributed by atoms with van der Waals surface area (Å²) in [6.07, 6.45) is 24.2. The number of nitrogens with one attached hydrogen (secondary N) is 1. The highest BCUT2D eigenvalue weighted by atomic mass is 16.7. The molecule has 43 heavy (non-hydrogen) atoms. The molecule has 228 valence electrons. The fraction of sp³-hybridized carbons (Fsp3) is 0.513. The molecule has 4 heterocycles. The van der Waals surface area contributed by atoms with Gasteiger partial charge in [-0.3, -0.25) is 4.79 Å². The number of likely N-dealkylation sites (N-methyl/N-ethyl adjacent to an activating group) is 1. The highest BCUT2D eigenvalue weighted by Gasteiger charge is 2.45. The van der Waals surface area contributed by atoms with Gasteiger partial charge >= 0.3 is 0 Å². The molecular formula is C39H51N2O2+. The van der Waals surface area contributed by atoms with Crippen LogP contribution < -0.4 is 10.2 Å². The lowest BCUT2D eigenvalue weighted by Crippen LogP contribution is -2.42. The Kier molecular flexibility index (Phi) is 8.95. The Morgan fingerprint density at radius 3 is 2.47 bits per heavy atom. The molecule has 0 radical (unpaired) electrons. The van der Waals surface area contributed by atoms with Crippen LogP contribution >= 0.6 is 0 Å². The van der Waals surface area contributed by atoms with Crippen LogP contribution in [0.2, 0.25) is 0 Å². The number of nitrogens with zero attached hydrogens (tertiary/aromatic N) is 1. The molecule has 1 aromatic rings. The molecule has 7 aliphatic rings. The van der Waals surface area contributed by atoms with Gasteiger partial charge in [-0.1, -0.05) is 58.1 Å². The minimum absolute atomic E-state index is 0.0227. The molecule has 3 aliphatic carbocycles. The van der Waals surface area contributed by atoms with Crippen LogP contribution in [0.5, 0.6) is 0 Å². The zero-order valence-electron chi connectivity index (χ0n) is 27.2. The standard InChI is InChI=1S/C35H38N2O2.2C2H6/c1-36-35(38)27-12-4-2-3-11-24(27)32-30-19-22-9-5-15-37-16-6-13-25(33(22)37)28(30)21-29-26-14-8-18-39-17-7-10-23(34(26)39)20-31(29)32;2*1-2/h2-4,11-12,19-20,24,34H,5-10,13-18,21H2,1H3;2*1-2H3/p+1. The fourth-order valence-corrected chi connectivity index (χ4v) is 8.74. The van der Waals surface area contributed by atoms with Gasteiger partial charge in [0.05, 0.1) is 0 Å². The maximum Gasteiger partial charge on any atom is 0.247 e. The van der Waals surface area contributed by atoms with Gasteiger partial charge in [0.2, 0.25) is 12.0 Å². The molecule has 1 N–H and O–H groups in total. The van der Waals surface area contributed by atoms with E-state index in [0.717, 1.165) is 31.6 Å². The quantitative estimate of drug-likeness (QED) is 0.362. The van der Waals surface area contributed by atoms with Gasteiger partial charge in [0, 0.05) is 61.3 Å². The molecule has 2 fully saturated rings. The molecule has 4 nitrogen and oxygen atoms in total. The molecular weight excluding hydrogens is 528 g/mol. The minimum atomic E-state index is -0.0672. The Hall–Kier alpha value is -3.11. The summed E-state index contributed by atoms with van der Waals surface area (Å²) < 4.78 is 3.72. The Bertz CT molecular complexity index is 1460. The third kappa shape index (κ3) is 5.00. The average molecular weight is 580 g/mol. The van der Waals surface area contributed by atoms with E-state index in [1.165, 1.54) is 80.3 Å². The fourth-order valence-electron chi connectivity index (χ4n) is 8.74. The van der Waals surface area contributed by atoms with Gasteiger partial charge in [-0.05, 0) is 96.1 Å². The molecule has 0 saturated carbocycles. The van der Waals surface area contributed by atoms with Crippen molar-refractivity contribution in [2.45, 2.75) is 91.6 Å². The van der Waals surface area contributed by atoms with Gasteiger partial charge in [-0.15, -0.1) is 0 Å². The van der Waals surface area contributed by atoms with E-state index in [4.69, 9.17) is 0 Å². The molecule has 2 atom stereocenters. The lowest BCUT2D eigenvalue weighted by Gasteiger charge is -2.45. The molecule has 2 saturated heterocycles. The zero-order chi connectivity index (χ0) is 30.1.